The number of hydrogen-bond acceptors (Lipinski definition) is 1. The SMILES string of the molecule is Cc1ccc(C2(CNC(=O)Nc3c(C)cccc3C)CC2)cc1. The fourth-order valence-corrected chi connectivity index (χ4v) is 3.04. The van der Waals surface area contributed by atoms with Gasteiger partial charge in [0, 0.05) is 17.6 Å². The predicted octanol–water partition coefficient (Wildman–Crippen LogP) is 4.47. The van der Waals surface area contributed by atoms with E-state index in [-0.39, 0.29) is 11.4 Å². The maximum atomic E-state index is 12.3. The van der Waals surface area contributed by atoms with E-state index in [2.05, 4.69) is 41.8 Å². The molecule has 0 saturated heterocycles. The third kappa shape index (κ3) is 3.39. The Bertz CT molecular complexity index is 695. The average Bonchev–Trinajstić information content (AvgIpc) is 3.31. The first-order valence-electron chi connectivity index (χ1n) is 8.18. The molecule has 3 rings (SSSR count). The molecule has 0 unspecified atom stereocenters. The molecule has 1 aliphatic carbocycles. The van der Waals surface area contributed by atoms with Crippen LogP contribution < -0.4 is 10.6 Å². The highest BCUT2D eigenvalue weighted by Crippen LogP contribution is 2.47. The van der Waals surface area contributed by atoms with Gasteiger partial charge in [-0.1, -0.05) is 48.0 Å². The lowest BCUT2D eigenvalue weighted by Crippen LogP contribution is -2.35. The van der Waals surface area contributed by atoms with Crippen LogP contribution in [0.5, 0.6) is 0 Å². The van der Waals surface area contributed by atoms with Crippen molar-refractivity contribution in [3.8, 4) is 0 Å². The number of urea groups is 1. The van der Waals surface area contributed by atoms with Gasteiger partial charge in [0.15, 0.2) is 0 Å². The summed E-state index contributed by atoms with van der Waals surface area (Å²) in [6, 6.07) is 14.6. The second kappa shape index (κ2) is 6.07. The summed E-state index contributed by atoms with van der Waals surface area (Å²) in [6.45, 7) is 6.81. The maximum Gasteiger partial charge on any atom is 0.319 e. The minimum atomic E-state index is -0.124. The van der Waals surface area contributed by atoms with Gasteiger partial charge in [0.1, 0.15) is 0 Å². The molecule has 0 radical (unpaired) electrons. The average molecular weight is 308 g/mol. The van der Waals surface area contributed by atoms with Crippen molar-refractivity contribution in [1.29, 1.82) is 0 Å². The van der Waals surface area contributed by atoms with Crippen molar-refractivity contribution >= 4 is 11.7 Å². The summed E-state index contributed by atoms with van der Waals surface area (Å²) in [5.41, 5.74) is 5.80. The standard InChI is InChI=1S/C20H24N2O/c1-14-7-9-17(10-8-14)20(11-12-20)13-21-19(23)22-18-15(2)5-4-6-16(18)3/h4-10H,11-13H2,1-3H3,(H2,21,22,23). The lowest BCUT2D eigenvalue weighted by atomic mass is 9.95. The Hall–Kier alpha value is -2.29. The van der Waals surface area contributed by atoms with Crippen LogP contribution in [0.3, 0.4) is 0 Å². The molecule has 2 aromatic rings. The van der Waals surface area contributed by atoms with Gasteiger partial charge in [0.05, 0.1) is 0 Å². The molecule has 0 heterocycles. The van der Waals surface area contributed by atoms with Crippen molar-refractivity contribution in [3.63, 3.8) is 0 Å². The van der Waals surface area contributed by atoms with Gasteiger partial charge in [-0.3, -0.25) is 0 Å². The highest BCUT2D eigenvalue weighted by molar-refractivity contribution is 5.91. The number of benzene rings is 2. The Morgan fingerprint density at radius 3 is 2.17 bits per heavy atom. The van der Waals surface area contributed by atoms with Crippen molar-refractivity contribution in [3.05, 3.63) is 64.7 Å². The summed E-state index contributed by atoms with van der Waals surface area (Å²) >= 11 is 0. The van der Waals surface area contributed by atoms with Crippen LogP contribution in [0.2, 0.25) is 0 Å². The van der Waals surface area contributed by atoms with Crippen LogP contribution in [-0.4, -0.2) is 12.6 Å². The Labute approximate surface area is 138 Å². The van der Waals surface area contributed by atoms with E-state index in [1.54, 1.807) is 0 Å². The molecular formula is C20H24N2O. The topological polar surface area (TPSA) is 41.1 Å². The number of rotatable bonds is 4. The minimum absolute atomic E-state index is 0.124. The molecule has 1 saturated carbocycles. The second-order valence-electron chi connectivity index (χ2n) is 6.72. The third-order valence-corrected chi connectivity index (χ3v) is 4.82. The number of amides is 2. The molecule has 0 bridgehead atoms. The molecule has 3 heteroatoms. The lowest BCUT2D eigenvalue weighted by Gasteiger charge is -2.18. The highest BCUT2D eigenvalue weighted by Gasteiger charge is 2.44. The van der Waals surface area contributed by atoms with E-state index in [1.807, 2.05) is 32.0 Å². The monoisotopic (exact) mass is 308 g/mol. The van der Waals surface area contributed by atoms with E-state index < -0.39 is 0 Å². The minimum Gasteiger partial charge on any atom is -0.337 e. The van der Waals surface area contributed by atoms with Gasteiger partial charge in [-0.05, 0) is 50.3 Å². The van der Waals surface area contributed by atoms with Crippen LogP contribution in [0.4, 0.5) is 10.5 Å². The third-order valence-electron chi connectivity index (χ3n) is 4.82. The van der Waals surface area contributed by atoms with Crippen LogP contribution in [0.15, 0.2) is 42.5 Å². The summed E-state index contributed by atoms with van der Waals surface area (Å²) in [6.07, 6.45) is 2.28. The zero-order valence-electron chi connectivity index (χ0n) is 14.1. The van der Waals surface area contributed by atoms with Gasteiger partial charge in [0.25, 0.3) is 0 Å². The maximum absolute atomic E-state index is 12.3. The number of anilines is 1. The molecule has 2 N–H and O–H groups in total. The number of aryl methyl sites for hydroxylation is 3. The molecule has 0 aliphatic heterocycles. The molecule has 2 amide bonds. The van der Waals surface area contributed by atoms with E-state index in [0.29, 0.717) is 6.54 Å². The van der Waals surface area contributed by atoms with Crippen LogP contribution in [0.1, 0.15) is 35.1 Å². The molecule has 23 heavy (non-hydrogen) atoms. The molecule has 0 aromatic heterocycles. The number of hydrogen-bond donors (Lipinski definition) is 2. The zero-order chi connectivity index (χ0) is 16.4. The Morgan fingerprint density at radius 2 is 1.61 bits per heavy atom. The molecule has 0 atom stereocenters. The van der Waals surface area contributed by atoms with Gasteiger partial charge < -0.3 is 10.6 Å². The van der Waals surface area contributed by atoms with Crippen molar-refractivity contribution in [1.82, 2.24) is 5.32 Å². The summed E-state index contributed by atoms with van der Waals surface area (Å²) in [5, 5.41) is 6.04. The molecule has 120 valence electrons. The zero-order valence-corrected chi connectivity index (χ0v) is 14.1. The first-order valence-corrected chi connectivity index (χ1v) is 8.18. The van der Waals surface area contributed by atoms with Gasteiger partial charge in [-0.15, -0.1) is 0 Å². The molecule has 1 aliphatic rings. The second-order valence-corrected chi connectivity index (χ2v) is 6.72. The quantitative estimate of drug-likeness (QED) is 0.860. The van der Waals surface area contributed by atoms with Crippen molar-refractivity contribution in [2.24, 2.45) is 0 Å². The van der Waals surface area contributed by atoms with Gasteiger partial charge >= 0.3 is 6.03 Å². The Morgan fingerprint density at radius 1 is 1.00 bits per heavy atom. The largest absolute Gasteiger partial charge is 0.337 e. The highest BCUT2D eigenvalue weighted by atomic mass is 16.2. The van der Waals surface area contributed by atoms with Crippen molar-refractivity contribution < 1.29 is 4.79 Å². The summed E-state index contributed by atoms with van der Waals surface area (Å²) in [7, 11) is 0. The predicted molar refractivity (Wildman–Crippen MR) is 95.0 cm³/mol. The summed E-state index contributed by atoms with van der Waals surface area (Å²) in [4.78, 5) is 12.3. The van der Waals surface area contributed by atoms with Crippen LogP contribution in [0, 0.1) is 20.8 Å². The number of carbonyl (C=O) groups excluding carboxylic acids is 1. The van der Waals surface area contributed by atoms with E-state index in [4.69, 9.17) is 0 Å². The van der Waals surface area contributed by atoms with E-state index in [0.717, 1.165) is 29.7 Å². The Balaban J connectivity index is 1.62. The van der Waals surface area contributed by atoms with Crippen molar-refractivity contribution in [2.75, 3.05) is 11.9 Å². The fourth-order valence-electron chi connectivity index (χ4n) is 3.04. The van der Waals surface area contributed by atoms with E-state index >= 15 is 0 Å². The van der Waals surface area contributed by atoms with Gasteiger partial charge in [-0.25, -0.2) is 4.79 Å². The van der Waals surface area contributed by atoms with E-state index in [9.17, 15) is 4.79 Å². The van der Waals surface area contributed by atoms with Crippen LogP contribution in [-0.2, 0) is 5.41 Å². The summed E-state index contributed by atoms with van der Waals surface area (Å²) in [5.74, 6) is 0. The van der Waals surface area contributed by atoms with Crippen LogP contribution in [0.25, 0.3) is 0 Å². The summed E-state index contributed by atoms with van der Waals surface area (Å²) < 4.78 is 0. The van der Waals surface area contributed by atoms with Crippen LogP contribution >= 0.6 is 0 Å². The first-order chi connectivity index (χ1) is 11.0. The molecule has 0 spiro atoms. The van der Waals surface area contributed by atoms with Gasteiger partial charge in [0.2, 0.25) is 0 Å². The van der Waals surface area contributed by atoms with E-state index in [1.165, 1.54) is 11.1 Å². The number of para-hydroxylation sites is 1. The number of nitrogens with one attached hydrogen (secondary N) is 2. The smallest absolute Gasteiger partial charge is 0.319 e. The normalized spacial score (nSPS) is 15.1. The molecule has 3 nitrogen and oxygen atoms in total. The van der Waals surface area contributed by atoms with Crippen molar-refractivity contribution in [2.45, 2.75) is 39.0 Å². The molecule has 1 fully saturated rings. The fraction of sp³-hybridized carbons (Fsp3) is 0.350. The first kappa shape index (κ1) is 15.6. The Kier molecular flexibility index (Phi) is 4.12. The lowest BCUT2D eigenvalue weighted by molar-refractivity contribution is 0.251. The molecular weight excluding hydrogens is 284 g/mol. The van der Waals surface area contributed by atoms with Gasteiger partial charge in [-0.2, -0.15) is 0 Å². The number of carbonyl (C=O) groups is 1. The molecule has 2 aromatic carbocycles.